The fourth-order valence-corrected chi connectivity index (χ4v) is 0.859. The minimum atomic E-state index is 0.540. The summed E-state index contributed by atoms with van der Waals surface area (Å²) in [5, 5.41) is 0. The Morgan fingerprint density at radius 2 is 1.91 bits per heavy atom. The van der Waals surface area contributed by atoms with Crippen LogP contribution in [0.1, 0.15) is 26.3 Å². The average molecular weight is 148 g/mol. The molecule has 56 valence electrons. The van der Waals surface area contributed by atoms with Crippen molar-refractivity contribution in [1.82, 2.24) is 0 Å². The normalized spacial score (nSPS) is 9.18. The first-order chi connectivity index (χ1) is 5.27. The third-order valence-electron chi connectivity index (χ3n) is 1.57. The van der Waals surface area contributed by atoms with Crippen LogP contribution in [0.4, 0.5) is 0 Å². The molecule has 0 bridgehead atoms. The molecule has 11 heavy (non-hydrogen) atoms. The molecule has 1 rings (SSSR count). The van der Waals surface area contributed by atoms with Crippen LogP contribution in [0, 0.1) is 6.92 Å². The minimum Gasteiger partial charge on any atom is -0.298 e. The van der Waals surface area contributed by atoms with Crippen molar-refractivity contribution in [2.45, 2.75) is 6.92 Å². The Kier molecular flexibility index (Phi) is 2.16. The van der Waals surface area contributed by atoms with Crippen LogP contribution >= 0.6 is 0 Å². The first kappa shape index (κ1) is 7.66. The van der Waals surface area contributed by atoms with E-state index in [4.69, 9.17) is 0 Å². The largest absolute Gasteiger partial charge is 0.298 e. The number of benzene rings is 1. The van der Waals surface area contributed by atoms with Crippen LogP contribution in [-0.4, -0.2) is 12.6 Å². The maximum absolute atomic E-state index is 10.4. The monoisotopic (exact) mass is 148 g/mol. The highest BCUT2D eigenvalue weighted by molar-refractivity contribution is 5.83. The van der Waals surface area contributed by atoms with Gasteiger partial charge in [-0.2, -0.15) is 0 Å². The zero-order valence-electron chi connectivity index (χ0n) is 6.20. The fourth-order valence-electron chi connectivity index (χ4n) is 0.859. The van der Waals surface area contributed by atoms with E-state index in [1.54, 1.807) is 18.2 Å². The van der Waals surface area contributed by atoms with Gasteiger partial charge in [0, 0.05) is 11.1 Å². The van der Waals surface area contributed by atoms with Gasteiger partial charge in [-0.15, -0.1) is 0 Å². The van der Waals surface area contributed by atoms with E-state index >= 15 is 0 Å². The first-order valence-electron chi connectivity index (χ1n) is 3.29. The van der Waals surface area contributed by atoms with Gasteiger partial charge in [-0.1, -0.05) is 12.1 Å². The van der Waals surface area contributed by atoms with Crippen LogP contribution in [0.3, 0.4) is 0 Å². The third kappa shape index (κ3) is 1.52. The standard InChI is InChI=1S/C9H8O2/c1-7-2-3-8(5-10)4-9(7)6-11/h2-6H,1H3. The molecule has 0 radical (unpaired) electrons. The first-order valence-corrected chi connectivity index (χ1v) is 3.29. The summed E-state index contributed by atoms with van der Waals surface area (Å²) in [6, 6.07) is 5.03. The van der Waals surface area contributed by atoms with Gasteiger partial charge >= 0.3 is 0 Å². The molecule has 0 heterocycles. The zero-order valence-corrected chi connectivity index (χ0v) is 6.20. The SMILES string of the molecule is Cc1ccc(C=O)cc1C=O. The summed E-state index contributed by atoms with van der Waals surface area (Å²) < 4.78 is 0. The summed E-state index contributed by atoms with van der Waals surface area (Å²) in [6.45, 7) is 1.83. The second kappa shape index (κ2) is 3.10. The molecule has 0 aliphatic rings. The number of hydrogen-bond donors (Lipinski definition) is 0. The van der Waals surface area contributed by atoms with Gasteiger partial charge in [-0.3, -0.25) is 9.59 Å². The van der Waals surface area contributed by atoms with Gasteiger partial charge in [0.1, 0.15) is 12.6 Å². The van der Waals surface area contributed by atoms with Crippen LogP contribution in [0.2, 0.25) is 0 Å². The summed E-state index contributed by atoms with van der Waals surface area (Å²) in [6.07, 6.45) is 1.48. The van der Waals surface area contributed by atoms with Crippen molar-refractivity contribution >= 4 is 12.6 Å². The lowest BCUT2D eigenvalue weighted by Crippen LogP contribution is -1.88. The van der Waals surface area contributed by atoms with Crippen LogP contribution in [0.25, 0.3) is 0 Å². The van der Waals surface area contributed by atoms with Gasteiger partial charge in [0.05, 0.1) is 0 Å². The maximum atomic E-state index is 10.4. The van der Waals surface area contributed by atoms with Crippen LogP contribution < -0.4 is 0 Å². The highest BCUT2D eigenvalue weighted by Crippen LogP contribution is 2.06. The predicted octanol–water partition coefficient (Wildman–Crippen LogP) is 1.62. The Labute approximate surface area is 64.8 Å². The van der Waals surface area contributed by atoms with Gasteiger partial charge < -0.3 is 0 Å². The summed E-state index contributed by atoms with van der Waals surface area (Å²) in [4.78, 5) is 20.6. The van der Waals surface area contributed by atoms with Crippen LogP contribution in [-0.2, 0) is 0 Å². The van der Waals surface area contributed by atoms with Crippen molar-refractivity contribution in [2.24, 2.45) is 0 Å². The molecule has 0 saturated carbocycles. The Morgan fingerprint density at radius 3 is 2.45 bits per heavy atom. The minimum absolute atomic E-state index is 0.540. The molecule has 0 spiro atoms. The van der Waals surface area contributed by atoms with Gasteiger partial charge in [-0.25, -0.2) is 0 Å². The topological polar surface area (TPSA) is 34.1 Å². The number of rotatable bonds is 2. The highest BCUT2D eigenvalue weighted by atomic mass is 16.1. The molecule has 0 atom stereocenters. The van der Waals surface area contributed by atoms with Gasteiger partial charge in [0.25, 0.3) is 0 Å². The quantitative estimate of drug-likeness (QED) is 0.597. The van der Waals surface area contributed by atoms with Crippen molar-refractivity contribution in [3.8, 4) is 0 Å². The van der Waals surface area contributed by atoms with Gasteiger partial charge in [-0.05, 0) is 18.6 Å². The van der Waals surface area contributed by atoms with E-state index in [1.807, 2.05) is 6.92 Å². The molecule has 0 aromatic heterocycles. The fraction of sp³-hybridized carbons (Fsp3) is 0.111. The highest BCUT2D eigenvalue weighted by Gasteiger charge is 1.96. The third-order valence-corrected chi connectivity index (χ3v) is 1.57. The molecule has 1 aromatic rings. The lowest BCUT2D eigenvalue weighted by atomic mass is 10.1. The summed E-state index contributed by atoms with van der Waals surface area (Å²) in [7, 11) is 0. The molecule has 2 heteroatoms. The number of hydrogen-bond acceptors (Lipinski definition) is 2. The second-order valence-corrected chi connectivity index (χ2v) is 2.35. The Balaban J connectivity index is 3.22. The van der Waals surface area contributed by atoms with E-state index in [0.717, 1.165) is 18.1 Å². The molecule has 0 N–H and O–H groups in total. The molecule has 0 amide bonds. The van der Waals surface area contributed by atoms with Gasteiger partial charge in [0.15, 0.2) is 0 Å². The Morgan fingerprint density at radius 1 is 1.18 bits per heavy atom. The number of aldehydes is 2. The summed E-state index contributed by atoms with van der Waals surface area (Å²) in [5.74, 6) is 0. The predicted molar refractivity (Wildman–Crippen MR) is 42.0 cm³/mol. The molecule has 1 aromatic carbocycles. The molecule has 0 aliphatic heterocycles. The Bertz CT molecular complexity index is 290. The molecule has 0 aliphatic carbocycles. The number of aryl methyl sites for hydroxylation is 1. The van der Waals surface area contributed by atoms with E-state index < -0.39 is 0 Å². The van der Waals surface area contributed by atoms with E-state index in [9.17, 15) is 9.59 Å². The lowest BCUT2D eigenvalue weighted by Gasteiger charge is -1.96. The van der Waals surface area contributed by atoms with Crippen LogP contribution in [0.15, 0.2) is 18.2 Å². The molecular formula is C9H8O2. The molecule has 2 nitrogen and oxygen atoms in total. The van der Waals surface area contributed by atoms with Gasteiger partial charge in [0.2, 0.25) is 0 Å². The maximum Gasteiger partial charge on any atom is 0.150 e. The van der Waals surface area contributed by atoms with Crippen molar-refractivity contribution in [3.63, 3.8) is 0 Å². The van der Waals surface area contributed by atoms with Crippen molar-refractivity contribution < 1.29 is 9.59 Å². The van der Waals surface area contributed by atoms with Crippen molar-refractivity contribution in [1.29, 1.82) is 0 Å². The van der Waals surface area contributed by atoms with Crippen molar-refractivity contribution in [3.05, 3.63) is 34.9 Å². The zero-order chi connectivity index (χ0) is 8.27. The summed E-state index contributed by atoms with van der Waals surface area (Å²) in [5.41, 5.74) is 2.01. The molecule has 0 unspecified atom stereocenters. The van der Waals surface area contributed by atoms with E-state index in [-0.39, 0.29) is 0 Å². The average Bonchev–Trinajstić information content (AvgIpc) is 2.05. The molecule has 0 saturated heterocycles. The smallest absolute Gasteiger partial charge is 0.150 e. The van der Waals surface area contributed by atoms with E-state index in [0.29, 0.717) is 11.1 Å². The number of carbonyl (C=O) groups excluding carboxylic acids is 2. The second-order valence-electron chi connectivity index (χ2n) is 2.35. The molecule has 0 fully saturated rings. The van der Waals surface area contributed by atoms with Crippen LogP contribution in [0.5, 0.6) is 0 Å². The number of carbonyl (C=O) groups is 2. The van der Waals surface area contributed by atoms with E-state index in [1.165, 1.54) is 0 Å². The van der Waals surface area contributed by atoms with Crippen molar-refractivity contribution in [2.75, 3.05) is 0 Å². The Hall–Kier alpha value is -1.44. The molecular weight excluding hydrogens is 140 g/mol. The van der Waals surface area contributed by atoms with E-state index in [2.05, 4.69) is 0 Å². The summed E-state index contributed by atoms with van der Waals surface area (Å²) >= 11 is 0. The lowest BCUT2D eigenvalue weighted by molar-refractivity contribution is 0.112.